The fourth-order valence-electron chi connectivity index (χ4n) is 2.43. The second kappa shape index (κ2) is 3.79. The molecule has 2 aromatic rings. The average molecular weight is 227 g/mol. The van der Waals surface area contributed by atoms with Gasteiger partial charge in [0.05, 0.1) is 11.6 Å². The summed E-state index contributed by atoms with van der Waals surface area (Å²) in [6, 6.07) is 10.6. The Labute approximate surface area is 101 Å². The van der Waals surface area contributed by atoms with Crippen molar-refractivity contribution in [2.45, 2.75) is 25.8 Å². The van der Waals surface area contributed by atoms with Gasteiger partial charge in [-0.1, -0.05) is 25.1 Å². The van der Waals surface area contributed by atoms with Crippen molar-refractivity contribution in [3.63, 3.8) is 0 Å². The summed E-state index contributed by atoms with van der Waals surface area (Å²) in [5.74, 6) is 5.70. The largest absolute Gasteiger partial charge is 0.271 e. The fourth-order valence-corrected chi connectivity index (χ4v) is 2.43. The maximum atomic E-state index is 5.70. The van der Waals surface area contributed by atoms with Crippen LogP contribution >= 0.6 is 0 Å². The second-order valence-electron chi connectivity index (χ2n) is 5.22. The van der Waals surface area contributed by atoms with Gasteiger partial charge in [0.2, 0.25) is 0 Å². The number of para-hydroxylation sites is 1. The first-order valence-electron chi connectivity index (χ1n) is 6.04. The summed E-state index contributed by atoms with van der Waals surface area (Å²) in [5.41, 5.74) is 5.47. The average Bonchev–Trinajstić information content (AvgIpc) is 3.09. The lowest BCUT2D eigenvalue weighted by molar-refractivity contribution is 0.372. The van der Waals surface area contributed by atoms with Crippen LogP contribution in [0.3, 0.4) is 0 Å². The highest BCUT2D eigenvalue weighted by Crippen LogP contribution is 2.54. The summed E-state index contributed by atoms with van der Waals surface area (Å²) in [6.07, 6.45) is 4.40. The topological polar surface area (TPSA) is 50.9 Å². The van der Waals surface area contributed by atoms with E-state index in [1.165, 1.54) is 23.8 Å². The first-order valence-corrected chi connectivity index (χ1v) is 6.04. The van der Waals surface area contributed by atoms with Crippen molar-refractivity contribution in [3.8, 4) is 0 Å². The van der Waals surface area contributed by atoms with Crippen LogP contribution in [0.4, 0.5) is 0 Å². The highest BCUT2D eigenvalue weighted by molar-refractivity contribution is 5.78. The molecule has 88 valence electrons. The van der Waals surface area contributed by atoms with Crippen LogP contribution < -0.4 is 11.3 Å². The third kappa shape index (κ3) is 1.81. The van der Waals surface area contributed by atoms with Gasteiger partial charge in [0.25, 0.3) is 0 Å². The van der Waals surface area contributed by atoms with Crippen molar-refractivity contribution in [3.05, 3.63) is 42.1 Å². The smallest absolute Gasteiger partial charge is 0.0702 e. The number of nitrogens with two attached hydrogens (primary N) is 1. The van der Waals surface area contributed by atoms with E-state index in [2.05, 4.69) is 29.5 Å². The van der Waals surface area contributed by atoms with Crippen LogP contribution in [0.1, 0.15) is 31.4 Å². The second-order valence-corrected chi connectivity index (χ2v) is 5.22. The molecule has 1 atom stereocenters. The van der Waals surface area contributed by atoms with Crippen LogP contribution in [0.2, 0.25) is 0 Å². The van der Waals surface area contributed by atoms with E-state index >= 15 is 0 Å². The number of hydrazine groups is 1. The van der Waals surface area contributed by atoms with E-state index < -0.39 is 0 Å². The van der Waals surface area contributed by atoms with E-state index in [9.17, 15) is 0 Å². The number of hydrogen-bond acceptors (Lipinski definition) is 3. The van der Waals surface area contributed by atoms with Gasteiger partial charge in [0, 0.05) is 11.6 Å². The molecule has 0 amide bonds. The van der Waals surface area contributed by atoms with Gasteiger partial charge in [0.15, 0.2) is 0 Å². The first-order chi connectivity index (χ1) is 8.23. The van der Waals surface area contributed by atoms with E-state index in [1.54, 1.807) is 0 Å². The number of pyridine rings is 1. The molecule has 0 saturated heterocycles. The van der Waals surface area contributed by atoms with Crippen molar-refractivity contribution in [1.29, 1.82) is 0 Å². The van der Waals surface area contributed by atoms with E-state index in [4.69, 9.17) is 5.84 Å². The minimum Gasteiger partial charge on any atom is -0.271 e. The maximum absolute atomic E-state index is 5.70. The van der Waals surface area contributed by atoms with E-state index in [0.717, 1.165) is 5.52 Å². The van der Waals surface area contributed by atoms with Crippen molar-refractivity contribution < 1.29 is 0 Å². The van der Waals surface area contributed by atoms with Gasteiger partial charge in [0.1, 0.15) is 0 Å². The van der Waals surface area contributed by atoms with Crippen LogP contribution in [0, 0.1) is 5.41 Å². The predicted molar refractivity (Wildman–Crippen MR) is 69.1 cm³/mol. The lowest BCUT2D eigenvalue weighted by Gasteiger charge is -2.23. The minimum absolute atomic E-state index is 0.208. The summed E-state index contributed by atoms with van der Waals surface area (Å²) >= 11 is 0. The number of fused-ring (bicyclic) bond motifs is 1. The van der Waals surface area contributed by atoms with Crippen molar-refractivity contribution in [2.24, 2.45) is 11.3 Å². The molecular formula is C14H17N3. The predicted octanol–water partition coefficient (Wildman–Crippen LogP) is 2.54. The zero-order chi connectivity index (χ0) is 11.9. The van der Waals surface area contributed by atoms with E-state index in [0.29, 0.717) is 5.41 Å². The summed E-state index contributed by atoms with van der Waals surface area (Å²) < 4.78 is 0. The Kier molecular flexibility index (Phi) is 2.38. The lowest BCUT2D eigenvalue weighted by Crippen LogP contribution is -2.33. The van der Waals surface area contributed by atoms with Crippen LogP contribution in [0.5, 0.6) is 0 Å². The van der Waals surface area contributed by atoms with Gasteiger partial charge < -0.3 is 0 Å². The molecule has 3 heteroatoms. The molecule has 1 saturated carbocycles. The summed E-state index contributed by atoms with van der Waals surface area (Å²) in [4.78, 5) is 4.50. The third-order valence-electron chi connectivity index (χ3n) is 3.85. The van der Waals surface area contributed by atoms with Crippen molar-refractivity contribution >= 4 is 10.9 Å². The number of nitrogens with one attached hydrogen (secondary N) is 1. The normalized spacial score (nSPS) is 19.2. The fraction of sp³-hybridized carbons (Fsp3) is 0.357. The van der Waals surface area contributed by atoms with Crippen LogP contribution in [0.15, 0.2) is 36.5 Å². The monoisotopic (exact) mass is 227 g/mol. The Morgan fingerprint density at radius 3 is 2.82 bits per heavy atom. The molecule has 0 aliphatic heterocycles. The van der Waals surface area contributed by atoms with Gasteiger partial charge in [-0.15, -0.1) is 0 Å². The molecule has 1 aromatic heterocycles. The van der Waals surface area contributed by atoms with Gasteiger partial charge in [-0.25, -0.2) is 0 Å². The van der Waals surface area contributed by atoms with Gasteiger partial charge in [-0.05, 0) is 36.0 Å². The molecule has 1 fully saturated rings. The number of aromatic nitrogens is 1. The molecule has 17 heavy (non-hydrogen) atoms. The lowest BCUT2D eigenvalue weighted by atomic mass is 9.93. The van der Waals surface area contributed by atoms with E-state index in [1.807, 2.05) is 24.4 Å². The van der Waals surface area contributed by atoms with E-state index in [-0.39, 0.29) is 6.04 Å². The molecule has 1 aliphatic rings. The minimum atomic E-state index is 0.208. The molecule has 0 radical (unpaired) electrons. The summed E-state index contributed by atoms with van der Waals surface area (Å²) in [5, 5.41) is 1.18. The van der Waals surface area contributed by atoms with Crippen LogP contribution in [-0.2, 0) is 0 Å². The number of hydrogen-bond donors (Lipinski definition) is 2. The molecule has 1 unspecified atom stereocenters. The SMILES string of the molecule is CC1(C(NN)c2cnc3ccccc3c2)CC1. The zero-order valence-corrected chi connectivity index (χ0v) is 9.98. The summed E-state index contributed by atoms with van der Waals surface area (Å²) in [6.45, 7) is 2.27. The molecule has 3 N–H and O–H groups in total. The first kappa shape index (κ1) is 10.7. The standard InChI is InChI=1S/C14H17N3/c1-14(6-7-14)13(17-15)11-8-10-4-2-3-5-12(10)16-9-11/h2-5,8-9,13,17H,6-7,15H2,1H3. The zero-order valence-electron chi connectivity index (χ0n) is 9.98. The maximum Gasteiger partial charge on any atom is 0.0702 e. The molecular weight excluding hydrogens is 210 g/mol. The Hall–Kier alpha value is -1.45. The Morgan fingerprint density at radius 1 is 1.35 bits per heavy atom. The molecule has 0 spiro atoms. The number of nitrogens with zero attached hydrogens (tertiary/aromatic N) is 1. The molecule has 0 bridgehead atoms. The highest BCUT2D eigenvalue weighted by atomic mass is 15.2. The summed E-state index contributed by atoms with van der Waals surface area (Å²) in [7, 11) is 0. The van der Waals surface area contributed by atoms with Crippen molar-refractivity contribution in [2.75, 3.05) is 0 Å². The van der Waals surface area contributed by atoms with Gasteiger partial charge in [-0.3, -0.25) is 16.3 Å². The quantitative estimate of drug-likeness (QED) is 0.626. The van der Waals surface area contributed by atoms with Crippen molar-refractivity contribution in [1.82, 2.24) is 10.4 Å². The highest BCUT2D eigenvalue weighted by Gasteiger charge is 2.45. The Balaban J connectivity index is 2.04. The molecule has 1 aromatic carbocycles. The molecule has 1 heterocycles. The van der Waals surface area contributed by atoms with Crippen LogP contribution in [-0.4, -0.2) is 4.98 Å². The van der Waals surface area contributed by atoms with Gasteiger partial charge >= 0.3 is 0 Å². The Bertz CT molecular complexity index is 546. The van der Waals surface area contributed by atoms with Crippen LogP contribution in [0.25, 0.3) is 10.9 Å². The molecule has 1 aliphatic carbocycles. The molecule has 3 rings (SSSR count). The Morgan fingerprint density at radius 2 is 2.12 bits per heavy atom. The number of rotatable bonds is 3. The van der Waals surface area contributed by atoms with Gasteiger partial charge in [-0.2, -0.15) is 0 Å². The number of benzene rings is 1. The third-order valence-corrected chi connectivity index (χ3v) is 3.85. The molecule has 3 nitrogen and oxygen atoms in total.